The quantitative estimate of drug-likeness (QED) is 0.335. The monoisotopic (exact) mass is 467 g/mol. The van der Waals surface area contributed by atoms with Crippen LogP contribution in [0.15, 0.2) is 47.8 Å². The Bertz CT molecular complexity index is 1230. The Morgan fingerprint density at radius 2 is 1.66 bits per heavy atom. The molecule has 1 N–H and O–H groups in total. The number of anilines is 1. The minimum atomic E-state index is 0.553. The summed E-state index contributed by atoms with van der Waals surface area (Å²) < 4.78 is 17.3. The van der Waals surface area contributed by atoms with Crippen molar-refractivity contribution in [3.8, 4) is 17.2 Å². The number of thiophene rings is 1. The first-order chi connectivity index (χ1) is 15.6. The topological polar surface area (TPSA) is 65.5 Å². The summed E-state index contributed by atoms with van der Waals surface area (Å²) in [6.45, 7) is 0.636. The number of benzene rings is 2. The summed E-state index contributed by atoms with van der Waals surface area (Å²) in [4.78, 5) is 9.39. The molecular weight excluding hydrogens is 446 g/mol. The summed E-state index contributed by atoms with van der Waals surface area (Å²) in [5.41, 5.74) is 2.89. The van der Waals surface area contributed by atoms with Crippen LogP contribution in [0.1, 0.15) is 17.0 Å². The number of rotatable bonds is 8. The largest absolute Gasteiger partial charge is 0.493 e. The number of aromatic nitrogens is 2. The zero-order valence-electron chi connectivity index (χ0n) is 17.9. The molecule has 0 aliphatic heterocycles. The molecule has 0 radical (unpaired) electrons. The lowest BCUT2D eigenvalue weighted by Crippen LogP contribution is -2.03. The lowest BCUT2D eigenvalue weighted by atomic mass is 10.1. The van der Waals surface area contributed by atoms with E-state index in [0.717, 1.165) is 32.2 Å². The van der Waals surface area contributed by atoms with Crippen LogP contribution in [0, 0.1) is 0 Å². The summed E-state index contributed by atoms with van der Waals surface area (Å²) in [5, 5.41) is 6.16. The van der Waals surface area contributed by atoms with Crippen molar-refractivity contribution in [2.24, 2.45) is 0 Å². The maximum atomic E-state index is 5.98. The summed E-state index contributed by atoms with van der Waals surface area (Å²) >= 11 is 7.59. The molecule has 0 bridgehead atoms. The van der Waals surface area contributed by atoms with Crippen LogP contribution in [0.25, 0.3) is 22.4 Å². The Labute approximate surface area is 195 Å². The minimum Gasteiger partial charge on any atom is -0.493 e. The number of hydrogen-bond acceptors (Lipinski definition) is 7. The van der Waals surface area contributed by atoms with Gasteiger partial charge in [0.1, 0.15) is 5.82 Å². The first-order valence-corrected chi connectivity index (χ1v) is 11.1. The van der Waals surface area contributed by atoms with E-state index >= 15 is 0 Å². The maximum absolute atomic E-state index is 5.98. The predicted molar refractivity (Wildman–Crippen MR) is 131 cm³/mol. The second-order valence-corrected chi connectivity index (χ2v) is 8.19. The molecule has 0 aliphatic rings. The summed E-state index contributed by atoms with van der Waals surface area (Å²) in [5.74, 6) is 3.13. The van der Waals surface area contributed by atoms with Crippen LogP contribution in [-0.4, -0.2) is 31.3 Å². The molecule has 0 saturated heterocycles. The zero-order chi connectivity index (χ0) is 22.5. The molecule has 8 heteroatoms. The third-order valence-electron chi connectivity index (χ3n) is 4.81. The molecule has 6 nitrogen and oxygen atoms in total. The Balaban J connectivity index is 1.62. The van der Waals surface area contributed by atoms with Crippen molar-refractivity contribution in [2.75, 3.05) is 26.6 Å². The van der Waals surface area contributed by atoms with Crippen LogP contribution in [0.4, 0.5) is 5.82 Å². The van der Waals surface area contributed by atoms with E-state index in [2.05, 4.69) is 10.3 Å². The lowest BCUT2D eigenvalue weighted by molar-refractivity contribution is 0.324. The van der Waals surface area contributed by atoms with Crippen LogP contribution in [0.5, 0.6) is 17.2 Å². The van der Waals surface area contributed by atoms with Gasteiger partial charge in [-0.1, -0.05) is 29.8 Å². The molecule has 32 heavy (non-hydrogen) atoms. The summed E-state index contributed by atoms with van der Waals surface area (Å²) in [6, 6.07) is 13.5. The predicted octanol–water partition coefficient (Wildman–Crippen LogP) is 6.15. The van der Waals surface area contributed by atoms with Crippen LogP contribution >= 0.6 is 22.9 Å². The number of halogens is 1. The average molecular weight is 468 g/mol. The van der Waals surface area contributed by atoms with Crippen molar-refractivity contribution in [1.29, 1.82) is 0 Å². The Kier molecular flexibility index (Phi) is 6.78. The molecule has 0 saturated carbocycles. The van der Waals surface area contributed by atoms with Gasteiger partial charge in [0.25, 0.3) is 0 Å². The molecule has 2 aromatic heterocycles. The molecule has 0 spiro atoms. The first-order valence-electron chi connectivity index (χ1n) is 9.83. The fourth-order valence-corrected chi connectivity index (χ4v) is 4.16. The second kappa shape index (κ2) is 9.89. The number of fused-ring (bicyclic) bond motifs is 1. The number of nitrogens with zero attached hydrogens (tertiary/aromatic N) is 2. The highest BCUT2D eigenvalue weighted by molar-refractivity contribution is 7.17. The van der Waals surface area contributed by atoms with Crippen molar-refractivity contribution in [3.05, 3.63) is 69.8 Å². The van der Waals surface area contributed by atoms with Gasteiger partial charge in [-0.05, 0) is 52.9 Å². The van der Waals surface area contributed by atoms with E-state index in [1.807, 2.05) is 60.0 Å². The highest BCUT2D eigenvalue weighted by Gasteiger charge is 2.12. The summed E-state index contributed by atoms with van der Waals surface area (Å²) in [6.07, 6.45) is 3.78. The second-order valence-electron chi connectivity index (χ2n) is 6.84. The molecule has 0 unspecified atom stereocenters. The third kappa shape index (κ3) is 4.79. The van der Waals surface area contributed by atoms with Gasteiger partial charge in [0, 0.05) is 11.6 Å². The van der Waals surface area contributed by atoms with Crippen LogP contribution in [0.3, 0.4) is 0 Å². The molecule has 164 valence electrons. The molecule has 0 amide bonds. The van der Waals surface area contributed by atoms with Gasteiger partial charge in [0.05, 0.1) is 31.5 Å². The molecule has 0 fully saturated rings. The minimum absolute atomic E-state index is 0.553. The zero-order valence-corrected chi connectivity index (χ0v) is 19.5. The van der Waals surface area contributed by atoms with Crippen LogP contribution in [0.2, 0.25) is 5.02 Å². The van der Waals surface area contributed by atoms with E-state index in [0.29, 0.717) is 29.6 Å². The molecule has 2 heterocycles. The third-order valence-corrected chi connectivity index (χ3v) is 5.97. The van der Waals surface area contributed by atoms with Gasteiger partial charge in [-0.3, -0.25) is 0 Å². The average Bonchev–Trinajstić information content (AvgIpc) is 3.30. The molecule has 0 atom stereocenters. The smallest absolute Gasteiger partial charge is 0.203 e. The van der Waals surface area contributed by atoms with Gasteiger partial charge < -0.3 is 19.5 Å². The van der Waals surface area contributed by atoms with Gasteiger partial charge in [0.2, 0.25) is 5.75 Å². The SMILES string of the molecule is COc1cc(/C=C/c2nc(NCc3ccc(Cl)cc3)c3sccc3n2)cc(OC)c1OC. The fourth-order valence-electron chi connectivity index (χ4n) is 3.23. The summed E-state index contributed by atoms with van der Waals surface area (Å²) in [7, 11) is 4.77. The van der Waals surface area contributed by atoms with Gasteiger partial charge in [0.15, 0.2) is 17.3 Å². The Morgan fingerprint density at radius 1 is 0.938 bits per heavy atom. The van der Waals surface area contributed by atoms with Crippen molar-refractivity contribution in [2.45, 2.75) is 6.54 Å². The number of hydrogen-bond donors (Lipinski definition) is 1. The van der Waals surface area contributed by atoms with E-state index in [1.165, 1.54) is 0 Å². The fraction of sp³-hybridized carbons (Fsp3) is 0.167. The molecule has 0 aliphatic carbocycles. The van der Waals surface area contributed by atoms with Gasteiger partial charge in [-0.25, -0.2) is 9.97 Å². The number of ether oxygens (including phenoxy) is 3. The molecule has 4 aromatic rings. The highest BCUT2D eigenvalue weighted by Crippen LogP contribution is 2.38. The van der Waals surface area contributed by atoms with E-state index in [-0.39, 0.29) is 0 Å². The Morgan fingerprint density at radius 3 is 2.31 bits per heavy atom. The molecule has 2 aromatic carbocycles. The van der Waals surface area contributed by atoms with E-state index in [1.54, 1.807) is 32.7 Å². The molecule has 4 rings (SSSR count). The van der Waals surface area contributed by atoms with Crippen LogP contribution in [-0.2, 0) is 6.54 Å². The lowest BCUT2D eigenvalue weighted by Gasteiger charge is -2.12. The maximum Gasteiger partial charge on any atom is 0.203 e. The van der Waals surface area contributed by atoms with Crippen molar-refractivity contribution in [1.82, 2.24) is 9.97 Å². The first kappa shape index (κ1) is 21.9. The Hall–Kier alpha value is -3.29. The van der Waals surface area contributed by atoms with E-state index in [9.17, 15) is 0 Å². The van der Waals surface area contributed by atoms with E-state index in [4.69, 9.17) is 30.8 Å². The number of methoxy groups -OCH3 is 3. The van der Waals surface area contributed by atoms with Crippen molar-refractivity contribution in [3.63, 3.8) is 0 Å². The van der Waals surface area contributed by atoms with Gasteiger partial charge in [-0.2, -0.15) is 0 Å². The number of nitrogens with one attached hydrogen (secondary N) is 1. The standard InChI is InChI=1S/C24H22ClN3O3S/c1-29-19-12-16(13-20(30-2)22(19)31-3)6-9-21-27-18-10-11-32-23(18)24(28-21)26-14-15-4-7-17(25)8-5-15/h4-13H,14H2,1-3H3,(H,26,27,28)/b9-6+. The van der Waals surface area contributed by atoms with Crippen LogP contribution < -0.4 is 19.5 Å². The van der Waals surface area contributed by atoms with Crippen molar-refractivity contribution < 1.29 is 14.2 Å². The van der Waals surface area contributed by atoms with Gasteiger partial charge >= 0.3 is 0 Å². The van der Waals surface area contributed by atoms with Gasteiger partial charge in [-0.15, -0.1) is 11.3 Å². The van der Waals surface area contributed by atoms with E-state index < -0.39 is 0 Å². The van der Waals surface area contributed by atoms with Crippen molar-refractivity contribution >= 4 is 51.1 Å². The molecular formula is C24H22ClN3O3S. The highest BCUT2D eigenvalue weighted by atomic mass is 35.5. The normalized spacial score (nSPS) is 11.1.